The average molecular weight is 453 g/mol. The summed E-state index contributed by atoms with van der Waals surface area (Å²) in [5.74, 6) is -1.66. The number of H-pyrrole nitrogens is 1. The van der Waals surface area contributed by atoms with Crippen LogP contribution >= 0.6 is 0 Å². The van der Waals surface area contributed by atoms with Crippen molar-refractivity contribution in [2.75, 3.05) is 7.05 Å². The van der Waals surface area contributed by atoms with Gasteiger partial charge in [-0.05, 0) is 33.1 Å². The molecule has 1 aliphatic carbocycles. The van der Waals surface area contributed by atoms with E-state index < -0.39 is 41.8 Å². The molecule has 2 amide bonds. The van der Waals surface area contributed by atoms with Gasteiger partial charge in [0.05, 0.1) is 18.1 Å². The van der Waals surface area contributed by atoms with Crippen LogP contribution in [0.5, 0.6) is 0 Å². The number of aliphatic hydroxyl groups excluding tert-OH is 1. The maximum absolute atomic E-state index is 13.4. The Morgan fingerprint density at radius 2 is 1.94 bits per heavy atom. The van der Waals surface area contributed by atoms with Crippen LogP contribution in [0.25, 0.3) is 0 Å². The number of likely N-dealkylation sites (N-methyl/N-ethyl adjacent to an activating group) is 1. The van der Waals surface area contributed by atoms with Crippen molar-refractivity contribution in [3.8, 4) is 0 Å². The maximum Gasteiger partial charge on any atom is 0.408 e. The van der Waals surface area contributed by atoms with Crippen molar-refractivity contribution in [3.63, 3.8) is 0 Å². The van der Waals surface area contributed by atoms with E-state index in [2.05, 4.69) is 15.3 Å². The lowest BCUT2D eigenvalue weighted by Gasteiger charge is -2.36. The van der Waals surface area contributed by atoms with Crippen LogP contribution in [0.1, 0.15) is 65.0 Å². The summed E-state index contributed by atoms with van der Waals surface area (Å²) >= 11 is 0. The Labute approximate surface area is 188 Å². The van der Waals surface area contributed by atoms with Crippen LogP contribution < -0.4 is 5.32 Å². The quantitative estimate of drug-likeness (QED) is 0.449. The summed E-state index contributed by atoms with van der Waals surface area (Å²) in [6.45, 7) is 5.14. The zero-order valence-electron chi connectivity index (χ0n) is 19.3. The molecule has 0 aliphatic heterocycles. The highest BCUT2D eigenvalue weighted by molar-refractivity contribution is 5.86. The molecule has 0 radical (unpaired) electrons. The van der Waals surface area contributed by atoms with E-state index in [1.54, 1.807) is 27.0 Å². The number of carbonyl (C=O) groups excluding carboxylic acids is 2. The van der Waals surface area contributed by atoms with Crippen molar-refractivity contribution in [1.82, 2.24) is 20.2 Å². The van der Waals surface area contributed by atoms with Crippen molar-refractivity contribution in [3.05, 3.63) is 18.2 Å². The van der Waals surface area contributed by atoms with Gasteiger partial charge in [0.1, 0.15) is 11.6 Å². The summed E-state index contributed by atoms with van der Waals surface area (Å²) in [5, 5.41) is 22.4. The second-order valence-electron chi connectivity index (χ2n) is 9.50. The standard InChI is InChI=1S/C22H36N4O6/c1-22(2,3)32-21(31)25-16(11-15-12-23-13-24-15)19(28)26(4)17(18(27)20(29)30)10-14-8-6-5-7-9-14/h12-14,16-18,27H,5-11H2,1-4H3,(H,23,24)(H,25,31)(H,29,30)/t16-,17-,18?/m0/s1. The predicted molar refractivity (Wildman–Crippen MR) is 117 cm³/mol. The molecule has 2 rings (SSSR count). The normalized spacial score (nSPS) is 17.8. The van der Waals surface area contributed by atoms with Crippen LogP contribution in [0.3, 0.4) is 0 Å². The number of aromatic nitrogens is 2. The van der Waals surface area contributed by atoms with E-state index in [-0.39, 0.29) is 12.3 Å². The fourth-order valence-corrected chi connectivity index (χ4v) is 4.10. The van der Waals surface area contributed by atoms with Crippen LogP contribution in [0.15, 0.2) is 12.5 Å². The molecule has 1 heterocycles. The fourth-order valence-electron chi connectivity index (χ4n) is 4.10. The number of ether oxygens (including phenoxy) is 1. The number of aliphatic hydroxyl groups is 1. The van der Waals surface area contributed by atoms with Gasteiger partial charge in [0.15, 0.2) is 6.10 Å². The molecule has 0 saturated heterocycles. The summed E-state index contributed by atoms with van der Waals surface area (Å²) in [4.78, 5) is 45.5. The second kappa shape index (κ2) is 11.3. The molecule has 180 valence electrons. The molecule has 3 atom stereocenters. The third-order valence-electron chi connectivity index (χ3n) is 5.72. The minimum atomic E-state index is -1.72. The van der Waals surface area contributed by atoms with Crippen molar-refractivity contribution in [1.29, 1.82) is 0 Å². The Kier molecular flexibility index (Phi) is 9.06. The van der Waals surface area contributed by atoms with Gasteiger partial charge in [-0.15, -0.1) is 0 Å². The van der Waals surface area contributed by atoms with Gasteiger partial charge in [-0.1, -0.05) is 32.1 Å². The monoisotopic (exact) mass is 452 g/mol. The number of nitrogens with zero attached hydrogens (tertiary/aromatic N) is 2. The van der Waals surface area contributed by atoms with Crippen LogP contribution in [0.4, 0.5) is 4.79 Å². The van der Waals surface area contributed by atoms with Crippen LogP contribution in [0, 0.1) is 5.92 Å². The summed E-state index contributed by atoms with van der Waals surface area (Å²) in [7, 11) is 1.47. The second-order valence-corrected chi connectivity index (χ2v) is 9.50. The van der Waals surface area contributed by atoms with Gasteiger partial charge in [-0.3, -0.25) is 4.79 Å². The first-order valence-corrected chi connectivity index (χ1v) is 11.1. The first-order chi connectivity index (χ1) is 15.0. The van der Waals surface area contributed by atoms with Crippen molar-refractivity contribution < 1.29 is 29.3 Å². The van der Waals surface area contributed by atoms with Crippen molar-refractivity contribution >= 4 is 18.0 Å². The zero-order chi connectivity index (χ0) is 23.9. The Morgan fingerprint density at radius 3 is 2.47 bits per heavy atom. The summed E-state index contributed by atoms with van der Waals surface area (Å²) in [5.41, 5.74) is -0.200. The minimum Gasteiger partial charge on any atom is -0.479 e. The molecule has 1 fully saturated rings. The van der Waals surface area contributed by atoms with E-state index in [1.165, 1.54) is 18.3 Å². The van der Waals surface area contributed by atoms with Crippen LogP contribution in [-0.4, -0.2) is 73.9 Å². The Morgan fingerprint density at radius 1 is 1.28 bits per heavy atom. The number of nitrogens with one attached hydrogen (secondary N) is 2. The lowest BCUT2D eigenvalue weighted by Crippen LogP contribution is -2.56. The SMILES string of the molecule is CN(C(=O)[C@H](Cc1c[nH]cn1)NC(=O)OC(C)(C)C)[C@@H](CC1CCCCC1)C(O)C(=O)O. The predicted octanol–water partition coefficient (Wildman–Crippen LogP) is 2.09. The van der Waals surface area contributed by atoms with Crippen molar-refractivity contribution in [2.45, 2.75) is 89.5 Å². The van der Waals surface area contributed by atoms with E-state index >= 15 is 0 Å². The minimum absolute atomic E-state index is 0.0885. The third kappa shape index (κ3) is 7.81. The van der Waals surface area contributed by atoms with E-state index in [1.807, 2.05) is 0 Å². The first-order valence-electron chi connectivity index (χ1n) is 11.1. The topological polar surface area (TPSA) is 145 Å². The zero-order valence-corrected chi connectivity index (χ0v) is 19.3. The number of hydrogen-bond acceptors (Lipinski definition) is 6. The molecule has 32 heavy (non-hydrogen) atoms. The molecular weight excluding hydrogens is 416 g/mol. The van der Waals surface area contributed by atoms with Gasteiger partial charge < -0.3 is 30.2 Å². The molecule has 0 aromatic carbocycles. The summed E-state index contributed by atoms with van der Waals surface area (Å²) in [6, 6.07) is -1.95. The Hall–Kier alpha value is -2.62. The number of rotatable bonds is 9. The number of imidazole rings is 1. The Bertz CT molecular complexity index is 755. The van der Waals surface area contributed by atoms with Crippen molar-refractivity contribution in [2.24, 2.45) is 5.92 Å². The van der Waals surface area contributed by atoms with E-state index in [0.717, 1.165) is 32.1 Å². The molecule has 0 spiro atoms. The number of hydrogen-bond donors (Lipinski definition) is 4. The van der Waals surface area contributed by atoms with Gasteiger partial charge in [0.2, 0.25) is 5.91 Å². The summed E-state index contributed by atoms with van der Waals surface area (Å²) < 4.78 is 5.29. The molecular formula is C22H36N4O6. The third-order valence-corrected chi connectivity index (χ3v) is 5.72. The van der Waals surface area contributed by atoms with E-state index in [0.29, 0.717) is 12.1 Å². The number of carbonyl (C=O) groups is 3. The summed E-state index contributed by atoms with van der Waals surface area (Å²) in [6.07, 6.45) is 6.21. The molecule has 10 heteroatoms. The van der Waals surface area contributed by atoms with E-state index in [4.69, 9.17) is 4.74 Å². The lowest BCUT2D eigenvalue weighted by atomic mass is 9.83. The number of amides is 2. The van der Waals surface area contributed by atoms with Gasteiger partial charge in [-0.2, -0.15) is 0 Å². The van der Waals surface area contributed by atoms with Gasteiger partial charge in [0.25, 0.3) is 0 Å². The molecule has 1 unspecified atom stereocenters. The fraction of sp³-hybridized carbons (Fsp3) is 0.727. The van der Waals surface area contributed by atoms with E-state index in [9.17, 15) is 24.6 Å². The number of alkyl carbamates (subject to hydrolysis) is 1. The van der Waals surface area contributed by atoms with Crippen LogP contribution in [-0.2, 0) is 20.7 Å². The van der Waals surface area contributed by atoms with Crippen LogP contribution in [0.2, 0.25) is 0 Å². The molecule has 4 N–H and O–H groups in total. The number of aliphatic carboxylic acids is 1. The number of aromatic amines is 1. The van der Waals surface area contributed by atoms with Gasteiger partial charge >= 0.3 is 12.1 Å². The molecule has 1 saturated carbocycles. The maximum atomic E-state index is 13.4. The number of carboxylic acids is 1. The Balaban J connectivity index is 2.21. The molecule has 10 nitrogen and oxygen atoms in total. The molecule has 1 aromatic heterocycles. The first kappa shape index (κ1) is 25.6. The van der Waals surface area contributed by atoms with Gasteiger partial charge in [0, 0.05) is 19.7 Å². The molecule has 1 aliphatic rings. The highest BCUT2D eigenvalue weighted by Gasteiger charge is 2.37. The smallest absolute Gasteiger partial charge is 0.408 e. The molecule has 0 bridgehead atoms. The molecule has 1 aromatic rings. The largest absolute Gasteiger partial charge is 0.479 e. The highest BCUT2D eigenvalue weighted by Crippen LogP contribution is 2.29. The highest BCUT2D eigenvalue weighted by atomic mass is 16.6. The lowest BCUT2D eigenvalue weighted by molar-refractivity contribution is -0.153. The van der Waals surface area contributed by atoms with Gasteiger partial charge in [-0.25, -0.2) is 14.6 Å². The number of carboxylic acid groups (broad SMARTS) is 1. The average Bonchev–Trinajstić information content (AvgIpc) is 3.22.